The Morgan fingerprint density at radius 3 is 2.38 bits per heavy atom. The number of nitrogens with zero attached hydrogens (tertiary/aromatic N) is 2. The van der Waals surface area contributed by atoms with Gasteiger partial charge in [0.05, 0.1) is 0 Å². The number of aromatic nitrogens is 2. The lowest BCUT2D eigenvalue weighted by Crippen LogP contribution is -2.20. The van der Waals surface area contributed by atoms with Crippen LogP contribution in [0.2, 0.25) is 0 Å². The topological polar surface area (TPSA) is 37.8 Å². The monoisotopic (exact) mass is 211 g/mol. The van der Waals surface area contributed by atoms with Crippen LogP contribution in [0.5, 0.6) is 0 Å². The Morgan fingerprint density at radius 2 is 1.75 bits per heavy atom. The zero-order valence-corrected chi connectivity index (χ0v) is 8.93. The van der Waals surface area contributed by atoms with Gasteiger partial charge in [-0.15, -0.1) is 5.10 Å². The summed E-state index contributed by atoms with van der Waals surface area (Å²) in [7, 11) is 0. The van der Waals surface area contributed by atoms with Crippen LogP contribution < -0.4 is 5.32 Å². The van der Waals surface area contributed by atoms with E-state index in [1.807, 2.05) is 12.1 Å². The average Bonchev–Trinajstić information content (AvgIpc) is 2.72. The summed E-state index contributed by atoms with van der Waals surface area (Å²) in [5, 5.41) is 11.3. The van der Waals surface area contributed by atoms with Gasteiger partial charge in [-0.3, -0.25) is 0 Å². The van der Waals surface area contributed by atoms with Crippen LogP contribution in [0.4, 0.5) is 5.82 Å². The molecule has 0 aliphatic heterocycles. The lowest BCUT2D eigenvalue weighted by molar-refractivity contribution is 0.764. The Hall–Kier alpha value is -1.90. The molecule has 1 aromatic heterocycles. The summed E-state index contributed by atoms with van der Waals surface area (Å²) in [5.41, 5.74) is 2.90. The zero-order valence-electron chi connectivity index (χ0n) is 8.93. The number of rotatable bonds is 2. The summed E-state index contributed by atoms with van der Waals surface area (Å²) in [6.07, 6.45) is 3.84. The molecule has 0 fully saturated rings. The van der Waals surface area contributed by atoms with Gasteiger partial charge in [-0.1, -0.05) is 24.3 Å². The molecule has 0 atom stereocenters. The van der Waals surface area contributed by atoms with E-state index in [1.165, 1.54) is 11.1 Å². The minimum atomic E-state index is 0.453. The fourth-order valence-corrected chi connectivity index (χ4v) is 2.25. The summed E-state index contributed by atoms with van der Waals surface area (Å²) in [6, 6.07) is 12.9. The Morgan fingerprint density at radius 1 is 1.00 bits per heavy atom. The van der Waals surface area contributed by atoms with Crippen molar-refractivity contribution in [2.75, 3.05) is 5.32 Å². The second-order valence-corrected chi connectivity index (χ2v) is 4.13. The summed E-state index contributed by atoms with van der Waals surface area (Å²) in [6.45, 7) is 0. The molecule has 3 nitrogen and oxygen atoms in total. The van der Waals surface area contributed by atoms with Gasteiger partial charge in [-0.25, -0.2) is 0 Å². The van der Waals surface area contributed by atoms with Crippen molar-refractivity contribution in [2.45, 2.75) is 18.9 Å². The van der Waals surface area contributed by atoms with E-state index in [1.54, 1.807) is 6.20 Å². The fraction of sp³-hybridized carbons (Fsp3) is 0.231. The fourth-order valence-electron chi connectivity index (χ4n) is 2.25. The molecule has 1 aliphatic carbocycles. The van der Waals surface area contributed by atoms with Crippen molar-refractivity contribution in [2.24, 2.45) is 0 Å². The molecule has 1 N–H and O–H groups in total. The van der Waals surface area contributed by atoms with E-state index in [0.29, 0.717) is 6.04 Å². The second-order valence-electron chi connectivity index (χ2n) is 4.13. The van der Waals surface area contributed by atoms with E-state index in [0.717, 1.165) is 18.7 Å². The van der Waals surface area contributed by atoms with Crippen molar-refractivity contribution >= 4 is 5.82 Å². The molecular weight excluding hydrogens is 198 g/mol. The summed E-state index contributed by atoms with van der Waals surface area (Å²) < 4.78 is 0. The van der Waals surface area contributed by atoms with Crippen molar-refractivity contribution in [1.29, 1.82) is 0 Å². The minimum Gasteiger partial charge on any atom is -0.365 e. The van der Waals surface area contributed by atoms with Crippen LogP contribution in [0.15, 0.2) is 42.6 Å². The SMILES string of the molecule is c1cnnc(NC2Cc3ccccc3C2)c1. The molecule has 0 spiro atoms. The third-order valence-corrected chi connectivity index (χ3v) is 2.98. The van der Waals surface area contributed by atoms with E-state index in [9.17, 15) is 0 Å². The van der Waals surface area contributed by atoms with Crippen LogP contribution >= 0.6 is 0 Å². The van der Waals surface area contributed by atoms with Gasteiger partial charge in [0.25, 0.3) is 0 Å². The summed E-state index contributed by atoms with van der Waals surface area (Å²) in [5.74, 6) is 0.861. The van der Waals surface area contributed by atoms with Gasteiger partial charge in [-0.05, 0) is 36.1 Å². The summed E-state index contributed by atoms with van der Waals surface area (Å²) >= 11 is 0. The van der Waals surface area contributed by atoms with Gasteiger partial charge >= 0.3 is 0 Å². The Bertz CT molecular complexity index is 457. The van der Waals surface area contributed by atoms with Crippen LogP contribution in [0.25, 0.3) is 0 Å². The van der Waals surface area contributed by atoms with Gasteiger partial charge in [-0.2, -0.15) is 5.10 Å². The molecule has 0 amide bonds. The highest BCUT2D eigenvalue weighted by molar-refractivity contribution is 5.40. The van der Waals surface area contributed by atoms with Crippen LogP contribution in [0.1, 0.15) is 11.1 Å². The number of nitrogens with one attached hydrogen (secondary N) is 1. The number of hydrogen-bond donors (Lipinski definition) is 1. The predicted octanol–water partition coefficient (Wildman–Crippen LogP) is 2.06. The van der Waals surface area contributed by atoms with Crippen LogP contribution in [0, 0.1) is 0 Å². The van der Waals surface area contributed by atoms with Gasteiger partial charge in [0.2, 0.25) is 0 Å². The molecule has 1 aliphatic rings. The molecule has 16 heavy (non-hydrogen) atoms. The van der Waals surface area contributed by atoms with Crippen molar-refractivity contribution in [3.05, 3.63) is 53.7 Å². The molecule has 80 valence electrons. The standard InChI is InChI=1S/C13H13N3/c1-2-5-11-9-12(8-10(11)4-1)15-13-6-3-7-14-16-13/h1-7,12H,8-9H2,(H,15,16). The maximum absolute atomic E-state index is 4.04. The highest BCUT2D eigenvalue weighted by Gasteiger charge is 2.20. The number of hydrogen-bond acceptors (Lipinski definition) is 3. The third-order valence-electron chi connectivity index (χ3n) is 2.98. The largest absolute Gasteiger partial charge is 0.365 e. The van der Waals surface area contributed by atoms with Gasteiger partial charge in [0.1, 0.15) is 5.82 Å². The first-order chi connectivity index (χ1) is 7.92. The van der Waals surface area contributed by atoms with Crippen LogP contribution in [-0.4, -0.2) is 16.2 Å². The van der Waals surface area contributed by atoms with Gasteiger partial charge < -0.3 is 5.32 Å². The molecule has 0 unspecified atom stereocenters. The molecule has 0 saturated heterocycles. The lowest BCUT2D eigenvalue weighted by atomic mass is 10.1. The van der Waals surface area contributed by atoms with Crippen molar-refractivity contribution < 1.29 is 0 Å². The molecule has 1 heterocycles. The first-order valence-corrected chi connectivity index (χ1v) is 5.53. The molecule has 0 saturated carbocycles. The Labute approximate surface area is 94.5 Å². The smallest absolute Gasteiger partial charge is 0.148 e. The third kappa shape index (κ3) is 1.76. The highest BCUT2D eigenvalue weighted by Crippen LogP contribution is 2.23. The van der Waals surface area contributed by atoms with E-state index >= 15 is 0 Å². The predicted molar refractivity (Wildman–Crippen MR) is 63.3 cm³/mol. The van der Waals surface area contributed by atoms with Crippen LogP contribution in [-0.2, 0) is 12.8 Å². The molecule has 1 aromatic carbocycles. The van der Waals surface area contributed by atoms with E-state index in [4.69, 9.17) is 0 Å². The van der Waals surface area contributed by atoms with E-state index in [2.05, 4.69) is 39.8 Å². The van der Waals surface area contributed by atoms with E-state index in [-0.39, 0.29) is 0 Å². The quantitative estimate of drug-likeness (QED) is 0.826. The van der Waals surface area contributed by atoms with Crippen LogP contribution in [0.3, 0.4) is 0 Å². The number of benzene rings is 1. The molecule has 2 aromatic rings. The second kappa shape index (κ2) is 3.93. The van der Waals surface area contributed by atoms with Crippen molar-refractivity contribution in [3.8, 4) is 0 Å². The van der Waals surface area contributed by atoms with Gasteiger partial charge in [0.15, 0.2) is 0 Å². The first kappa shape index (κ1) is 9.33. The minimum absolute atomic E-state index is 0.453. The van der Waals surface area contributed by atoms with E-state index < -0.39 is 0 Å². The molecule has 0 bridgehead atoms. The molecule has 0 radical (unpaired) electrons. The molecule has 3 rings (SSSR count). The molecule has 3 heteroatoms. The maximum atomic E-state index is 4.04. The highest BCUT2D eigenvalue weighted by atomic mass is 15.2. The zero-order chi connectivity index (χ0) is 10.8. The number of fused-ring (bicyclic) bond motifs is 1. The maximum Gasteiger partial charge on any atom is 0.148 e. The van der Waals surface area contributed by atoms with Crippen molar-refractivity contribution in [1.82, 2.24) is 10.2 Å². The average molecular weight is 211 g/mol. The Kier molecular flexibility index (Phi) is 2.29. The van der Waals surface area contributed by atoms with Crippen molar-refractivity contribution in [3.63, 3.8) is 0 Å². The lowest BCUT2D eigenvalue weighted by Gasteiger charge is -2.11. The van der Waals surface area contributed by atoms with Gasteiger partial charge in [0, 0.05) is 12.2 Å². The normalized spacial score (nSPS) is 14.8. The summed E-state index contributed by atoms with van der Waals surface area (Å²) in [4.78, 5) is 0. The molecular formula is C13H13N3. The number of anilines is 1. The Balaban J connectivity index is 1.73. The first-order valence-electron chi connectivity index (χ1n) is 5.53.